The number of aromatic nitrogens is 3. The molecule has 3 aromatic heterocycles. The van der Waals surface area contributed by atoms with Gasteiger partial charge in [0.05, 0.1) is 41.0 Å². The number of nitrogens with one attached hydrogen (secondary N) is 1. The summed E-state index contributed by atoms with van der Waals surface area (Å²) in [7, 11) is 0. The van der Waals surface area contributed by atoms with Crippen molar-refractivity contribution in [1.82, 2.24) is 19.7 Å². The second-order valence-corrected chi connectivity index (χ2v) is 6.53. The van der Waals surface area contributed by atoms with Gasteiger partial charge in [-0.15, -0.1) is 0 Å². The van der Waals surface area contributed by atoms with Crippen LogP contribution in [-0.2, 0) is 17.8 Å². The van der Waals surface area contributed by atoms with Crippen molar-refractivity contribution in [3.63, 3.8) is 0 Å². The molecule has 0 atom stereocenters. The third kappa shape index (κ3) is 3.57. The van der Waals surface area contributed by atoms with Crippen LogP contribution in [0.25, 0.3) is 17.0 Å². The number of benzene rings is 1. The van der Waals surface area contributed by atoms with Gasteiger partial charge in [0.25, 0.3) is 0 Å². The molecular formula is C20H17ClN4O2. The Morgan fingerprint density at radius 2 is 2.04 bits per heavy atom. The SMILES string of the molecule is Cc1oc(-c2ccccc2Cl)nc1CC(=O)NCc1ncc2ccccn12. The van der Waals surface area contributed by atoms with Gasteiger partial charge in [-0.05, 0) is 31.2 Å². The number of hydrogen-bond donors (Lipinski definition) is 1. The van der Waals surface area contributed by atoms with Crippen molar-refractivity contribution in [1.29, 1.82) is 0 Å². The van der Waals surface area contributed by atoms with Crippen LogP contribution in [0.3, 0.4) is 0 Å². The van der Waals surface area contributed by atoms with Crippen LogP contribution >= 0.6 is 11.6 Å². The summed E-state index contributed by atoms with van der Waals surface area (Å²) >= 11 is 6.19. The van der Waals surface area contributed by atoms with E-state index in [4.69, 9.17) is 16.0 Å². The normalized spacial score (nSPS) is 11.0. The number of hydrogen-bond acceptors (Lipinski definition) is 4. The number of fused-ring (bicyclic) bond motifs is 1. The zero-order chi connectivity index (χ0) is 18.8. The number of amides is 1. The predicted molar refractivity (Wildman–Crippen MR) is 102 cm³/mol. The van der Waals surface area contributed by atoms with Gasteiger partial charge < -0.3 is 14.1 Å². The molecule has 136 valence electrons. The molecule has 0 saturated heterocycles. The van der Waals surface area contributed by atoms with E-state index in [1.807, 2.05) is 47.0 Å². The first-order valence-electron chi connectivity index (χ1n) is 8.50. The number of halogens is 1. The van der Waals surface area contributed by atoms with Crippen molar-refractivity contribution in [3.8, 4) is 11.5 Å². The summed E-state index contributed by atoms with van der Waals surface area (Å²) in [6.45, 7) is 2.13. The first-order valence-corrected chi connectivity index (χ1v) is 8.88. The van der Waals surface area contributed by atoms with Gasteiger partial charge in [0, 0.05) is 6.20 Å². The van der Waals surface area contributed by atoms with E-state index in [0.717, 1.165) is 11.3 Å². The first kappa shape index (κ1) is 17.3. The number of nitrogens with zero attached hydrogens (tertiary/aromatic N) is 3. The Labute approximate surface area is 160 Å². The van der Waals surface area contributed by atoms with Crippen LogP contribution in [0.15, 0.2) is 59.3 Å². The standard InChI is InChI=1S/C20H17ClN4O2/c1-13-17(24-20(27-13)15-7-2-3-8-16(15)21)10-19(26)23-12-18-22-11-14-6-4-5-9-25(14)18/h2-9,11H,10,12H2,1H3,(H,23,26). The van der Waals surface area contributed by atoms with E-state index < -0.39 is 0 Å². The van der Waals surface area contributed by atoms with Crippen molar-refractivity contribution in [3.05, 3.63) is 77.2 Å². The minimum Gasteiger partial charge on any atom is -0.441 e. The molecule has 0 fully saturated rings. The van der Waals surface area contributed by atoms with E-state index >= 15 is 0 Å². The topological polar surface area (TPSA) is 72.4 Å². The van der Waals surface area contributed by atoms with E-state index in [1.165, 1.54) is 0 Å². The highest BCUT2D eigenvalue weighted by molar-refractivity contribution is 6.33. The highest BCUT2D eigenvalue weighted by Gasteiger charge is 2.16. The molecule has 1 N–H and O–H groups in total. The highest BCUT2D eigenvalue weighted by Crippen LogP contribution is 2.28. The van der Waals surface area contributed by atoms with Crippen molar-refractivity contribution in [2.75, 3.05) is 0 Å². The molecule has 0 spiro atoms. The Kier molecular flexibility index (Phi) is 4.64. The number of carbonyl (C=O) groups is 1. The molecular weight excluding hydrogens is 364 g/mol. The third-order valence-corrected chi connectivity index (χ3v) is 4.61. The fourth-order valence-corrected chi connectivity index (χ4v) is 3.08. The molecule has 4 rings (SSSR count). The van der Waals surface area contributed by atoms with Crippen LogP contribution < -0.4 is 5.32 Å². The Morgan fingerprint density at radius 1 is 1.22 bits per heavy atom. The molecule has 27 heavy (non-hydrogen) atoms. The molecule has 0 aliphatic rings. The van der Waals surface area contributed by atoms with Crippen LogP contribution in [0.1, 0.15) is 17.3 Å². The number of aryl methyl sites for hydroxylation is 1. The summed E-state index contributed by atoms with van der Waals surface area (Å²) in [5.74, 6) is 1.64. The third-order valence-electron chi connectivity index (χ3n) is 4.28. The van der Waals surface area contributed by atoms with E-state index in [2.05, 4.69) is 15.3 Å². The van der Waals surface area contributed by atoms with Crippen molar-refractivity contribution >= 4 is 23.0 Å². The summed E-state index contributed by atoms with van der Waals surface area (Å²) in [6, 6.07) is 13.2. The summed E-state index contributed by atoms with van der Waals surface area (Å²) in [6.07, 6.45) is 3.82. The van der Waals surface area contributed by atoms with Gasteiger partial charge in [-0.2, -0.15) is 0 Å². The number of pyridine rings is 1. The van der Waals surface area contributed by atoms with Crippen LogP contribution in [0.5, 0.6) is 0 Å². The monoisotopic (exact) mass is 380 g/mol. The smallest absolute Gasteiger partial charge is 0.228 e. The van der Waals surface area contributed by atoms with Crippen molar-refractivity contribution in [2.24, 2.45) is 0 Å². The summed E-state index contributed by atoms with van der Waals surface area (Å²) in [4.78, 5) is 21.1. The van der Waals surface area contributed by atoms with Gasteiger partial charge in [-0.3, -0.25) is 4.79 Å². The first-order chi connectivity index (χ1) is 13.1. The maximum absolute atomic E-state index is 12.4. The average molecular weight is 381 g/mol. The molecule has 3 heterocycles. The van der Waals surface area contributed by atoms with Crippen LogP contribution in [0.2, 0.25) is 5.02 Å². The number of carbonyl (C=O) groups excluding carboxylic acids is 1. The van der Waals surface area contributed by atoms with Crippen LogP contribution in [0, 0.1) is 6.92 Å². The zero-order valence-electron chi connectivity index (χ0n) is 14.6. The maximum atomic E-state index is 12.4. The fourth-order valence-electron chi connectivity index (χ4n) is 2.86. The number of rotatable bonds is 5. The van der Waals surface area contributed by atoms with Gasteiger partial charge in [-0.25, -0.2) is 9.97 Å². The predicted octanol–water partition coefficient (Wildman–Crippen LogP) is 3.81. The van der Waals surface area contributed by atoms with Crippen LogP contribution in [-0.4, -0.2) is 20.3 Å². The van der Waals surface area contributed by atoms with Crippen LogP contribution in [0.4, 0.5) is 0 Å². The van der Waals surface area contributed by atoms with Gasteiger partial charge in [0.2, 0.25) is 11.8 Å². The minimum atomic E-state index is -0.148. The molecule has 0 bridgehead atoms. The Bertz CT molecular complexity index is 1120. The molecule has 7 heteroatoms. The number of oxazole rings is 1. The lowest BCUT2D eigenvalue weighted by Crippen LogP contribution is -2.26. The van der Waals surface area contributed by atoms with E-state index in [-0.39, 0.29) is 12.3 Å². The fraction of sp³-hybridized carbons (Fsp3) is 0.150. The summed E-state index contributed by atoms with van der Waals surface area (Å²) < 4.78 is 7.64. The molecule has 4 aromatic rings. The largest absolute Gasteiger partial charge is 0.441 e. The molecule has 0 aliphatic heterocycles. The van der Waals surface area contributed by atoms with Gasteiger partial charge in [0.15, 0.2) is 0 Å². The van der Waals surface area contributed by atoms with Gasteiger partial charge in [0.1, 0.15) is 11.6 Å². The zero-order valence-corrected chi connectivity index (χ0v) is 15.4. The molecule has 0 aliphatic carbocycles. The van der Waals surface area contributed by atoms with Gasteiger partial charge >= 0.3 is 0 Å². The van der Waals surface area contributed by atoms with Crippen molar-refractivity contribution in [2.45, 2.75) is 19.9 Å². The molecule has 1 aromatic carbocycles. The second kappa shape index (κ2) is 7.25. The quantitative estimate of drug-likeness (QED) is 0.571. The molecule has 0 saturated carbocycles. The van der Waals surface area contributed by atoms with E-state index in [9.17, 15) is 4.79 Å². The summed E-state index contributed by atoms with van der Waals surface area (Å²) in [5, 5.41) is 3.44. The number of imidazole rings is 1. The maximum Gasteiger partial charge on any atom is 0.228 e. The van der Waals surface area contributed by atoms with E-state index in [0.29, 0.717) is 34.5 Å². The highest BCUT2D eigenvalue weighted by atomic mass is 35.5. The van der Waals surface area contributed by atoms with Gasteiger partial charge in [-0.1, -0.05) is 29.8 Å². The second-order valence-electron chi connectivity index (χ2n) is 6.13. The molecule has 1 amide bonds. The molecule has 0 radical (unpaired) electrons. The lowest BCUT2D eigenvalue weighted by Gasteiger charge is -2.04. The van der Waals surface area contributed by atoms with E-state index in [1.54, 1.807) is 19.2 Å². The Morgan fingerprint density at radius 3 is 2.89 bits per heavy atom. The molecule has 6 nitrogen and oxygen atoms in total. The molecule has 0 unspecified atom stereocenters. The lowest BCUT2D eigenvalue weighted by molar-refractivity contribution is -0.120. The summed E-state index contributed by atoms with van der Waals surface area (Å²) in [5.41, 5.74) is 2.28. The Hall–Kier alpha value is -3.12. The lowest BCUT2D eigenvalue weighted by atomic mass is 10.2. The minimum absolute atomic E-state index is 0.128. The Balaban J connectivity index is 1.45. The van der Waals surface area contributed by atoms with Crippen molar-refractivity contribution < 1.29 is 9.21 Å². The average Bonchev–Trinajstić information content (AvgIpc) is 3.24.